The van der Waals surface area contributed by atoms with Crippen LogP contribution in [0.1, 0.15) is 24.3 Å². The van der Waals surface area contributed by atoms with Crippen molar-refractivity contribution in [1.82, 2.24) is 20.7 Å². The number of benzene rings is 2. The Kier molecular flexibility index (Phi) is 4.30. The molecule has 1 aromatic heterocycles. The number of methoxy groups -OCH3 is 1. The number of ether oxygens (including phenoxy) is 1. The Morgan fingerprint density at radius 1 is 1.29 bits per heavy atom. The fourth-order valence-electron chi connectivity index (χ4n) is 4.26. The molecule has 2 aliphatic rings. The Labute approximate surface area is 178 Å². The van der Waals surface area contributed by atoms with Gasteiger partial charge in [0.05, 0.1) is 19.1 Å². The number of carbonyl (C=O) groups is 1. The first-order chi connectivity index (χ1) is 15.0. The molecule has 0 aliphatic carbocycles. The van der Waals surface area contributed by atoms with Crippen LogP contribution < -0.4 is 21.2 Å². The van der Waals surface area contributed by atoms with Crippen LogP contribution in [0.4, 0.5) is 5.69 Å². The predicted molar refractivity (Wildman–Crippen MR) is 113 cm³/mol. The van der Waals surface area contributed by atoms with Crippen LogP contribution in [0.5, 0.6) is 5.75 Å². The lowest BCUT2D eigenvalue weighted by molar-refractivity contribution is -0.130. The molecule has 2 aliphatic heterocycles. The van der Waals surface area contributed by atoms with Gasteiger partial charge in [0.25, 0.3) is 5.91 Å². The summed E-state index contributed by atoms with van der Waals surface area (Å²) in [6.07, 6.45) is -0.419. The topological polar surface area (TPSA) is 129 Å². The number of nitrogens with one attached hydrogen (secondary N) is 2. The minimum Gasteiger partial charge on any atom is -0.494 e. The predicted octanol–water partition coefficient (Wildman–Crippen LogP) is 2.10. The Morgan fingerprint density at radius 2 is 2.06 bits per heavy atom. The molecule has 0 spiro atoms. The maximum Gasteiger partial charge on any atom is 0.277 e. The van der Waals surface area contributed by atoms with E-state index in [0.717, 1.165) is 5.56 Å². The van der Waals surface area contributed by atoms with E-state index in [4.69, 9.17) is 14.9 Å². The van der Waals surface area contributed by atoms with Crippen molar-refractivity contribution in [3.8, 4) is 11.8 Å². The van der Waals surface area contributed by atoms with Crippen LogP contribution in [0, 0.1) is 11.3 Å². The molecule has 1 amide bonds. The lowest BCUT2D eigenvalue weighted by Gasteiger charge is -2.34. The molecule has 5 rings (SSSR count). The number of oxazole rings is 1. The van der Waals surface area contributed by atoms with E-state index >= 15 is 0 Å². The van der Waals surface area contributed by atoms with Crippen molar-refractivity contribution in [1.29, 1.82) is 5.26 Å². The zero-order valence-electron chi connectivity index (χ0n) is 16.9. The average Bonchev–Trinajstić information content (AvgIpc) is 3.35. The molecule has 31 heavy (non-hydrogen) atoms. The second kappa shape index (κ2) is 7.04. The summed E-state index contributed by atoms with van der Waals surface area (Å²) in [6, 6.07) is 14.7. The number of fused-ring (bicyclic) bond motifs is 2. The molecule has 0 saturated carbocycles. The highest BCUT2D eigenvalue weighted by atomic mass is 16.5. The summed E-state index contributed by atoms with van der Waals surface area (Å²) in [5.41, 5.74) is 12.2. The van der Waals surface area contributed by atoms with Crippen molar-refractivity contribution in [2.45, 2.75) is 25.0 Å². The first-order valence-electron chi connectivity index (χ1n) is 9.78. The third-order valence-corrected chi connectivity index (χ3v) is 5.67. The van der Waals surface area contributed by atoms with Gasteiger partial charge in [0.1, 0.15) is 17.8 Å². The van der Waals surface area contributed by atoms with Crippen molar-refractivity contribution in [3.63, 3.8) is 0 Å². The standard InChI is InChI=1S/C22H20N6O3/c1-11-17(21-26-19-15(30-2)8-13(24)9-16(19)31-21)22(29)28-20(25-11)18(14(10-23)27-28)12-6-4-3-5-7-12/h3-9,14,18,20,25,27H,24H2,1-2H3. The van der Waals surface area contributed by atoms with E-state index in [-0.39, 0.29) is 23.3 Å². The molecule has 3 aromatic rings. The molecule has 3 unspecified atom stereocenters. The maximum atomic E-state index is 13.5. The number of nitriles is 1. The van der Waals surface area contributed by atoms with Crippen molar-refractivity contribution in [2.24, 2.45) is 0 Å². The quantitative estimate of drug-likeness (QED) is 0.554. The highest BCUT2D eigenvalue weighted by molar-refractivity contribution is 6.20. The minimum absolute atomic E-state index is 0.158. The SMILES string of the molecule is COc1cc(N)cc2oc(C3=C(C)NC4C(c5ccccc5)C(C#N)NN4C3=O)nc12. The molecule has 156 valence electrons. The summed E-state index contributed by atoms with van der Waals surface area (Å²) in [6.45, 7) is 1.80. The Balaban J connectivity index is 1.58. The highest BCUT2D eigenvalue weighted by Gasteiger charge is 2.49. The normalized spacial score (nSPS) is 22.9. The van der Waals surface area contributed by atoms with Crippen molar-refractivity contribution >= 4 is 28.3 Å². The summed E-state index contributed by atoms with van der Waals surface area (Å²) in [5, 5.41) is 14.5. The van der Waals surface area contributed by atoms with E-state index in [1.165, 1.54) is 12.1 Å². The zero-order valence-corrected chi connectivity index (χ0v) is 16.9. The number of hydrogen-bond acceptors (Lipinski definition) is 8. The molecule has 4 N–H and O–H groups in total. The van der Waals surface area contributed by atoms with Crippen LogP contribution in [0.15, 0.2) is 52.6 Å². The smallest absolute Gasteiger partial charge is 0.277 e. The van der Waals surface area contributed by atoms with Crippen molar-refractivity contribution in [3.05, 3.63) is 59.6 Å². The van der Waals surface area contributed by atoms with Gasteiger partial charge < -0.3 is 20.2 Å². The average molecular weight is 416 g/mol. The number of anilines is 1. The monoisotopic (exact) mass is 416 g/mol. The number of carbonyl (C=O) groups excluding carboxylic acids is 1. The van der Waals surface area contributed by atoms with Gasteiger partial charge in [-0.05, 0) is 12.5 Å². The van der Waals surface area contributed by atoms with Gasteiger partial charge in [-0.2, -0.15) is 5.26 Å². The van der Waals surface area contributed by atoms with Gasteiger partial charge >= 0.3 is 0 Å². The number of nitrogen functional groups attached to an aromatic ring is 1. The van der Waals surface area contributed by atoms with Crippen LogP contribution in [-0.2, 0) is 4.79 Å². The van der Waals surface area contributed by atoms with E-state index in [9.17, 15) is 10.1 Å². The van der Waals surface area contributed by atoms with Crippen LogP contribution in [0.25, 0.3) is 16.7 Å². The summed E-state index contributed by atoms with van der Waals surface area (Å²) in [4.78, 5) is 17.9. The van der Waals surface area contributed by atoms with Crippen molar-refractivity contribution < 1.29 is 13.9 Å². The molecule has 2 aromatic carbocycles. The number of rotatable bonds is 3. The Bertz CT molecular complexity index is 1260. The van der Waals surface area contributed by atoms with Crippen LogP contribution in [-0.4, -0.2) is 35.2 Å². The van der Waals surface area contributed by atoms with Crippen LogP contribution in [0.2, 0.25) is 0 Å². The van der Waals surface area contributed by atoms with Gasteiger partial charge in [0, 0.05) is 23.5 Å². The summed E-state index contributed by atoms with van der Waals surface area (Å²) >= 11 is 0. The van der Waals surface area contributed by atoms with Gasteiger partial charge in [0.2, 0.25) is 5.89 Å². The van der Waals surface area contributed by atoms with Gasteiger partial charge in [-0.15, -0.1) is 0 Å². The Hall–Kier alpha value is -4.03. The molecule has 0 bridgehead atoms. The van der Waals surface area contributed by atoms with E-state index in [0.29, 0.717) is 28.2 Å². The number of amides is 1. The van der Waals surface area contributed by atoms with Crippen LogP contribution in [0.3, 0.4) is 0 Å². The molecule has 1 saturated heterocycles. The number of nitrogens with zero attached hydrogens (tertiary/aromatic N) is 3. The number of allylic oxidation sites excluding steroid dienone is 1. The third kappa shape index (κ3) is 2.88. The fraction of sp³-hybridized carbons (Fsp3) is 0.227. The molecule has 0 radical (unpaired) electrons. The minimum atomic E-state index is -0.570. The molecule has 3 heterocycles. The second-order valence-corrected chi connectivity index (χ2v) is 7.53. The van der Waals surface area contributed by atoms with Gasteiger partial charge in [-0.1, -0.05) is 30.3 Å². The third-order valence-electron chi connectivity index (χ3n) is 5.67. The summed E-state index contributed by atoms with van der Waals surface area (Å²) in [7, 11) is 1.52. The highest BCUT2D eigenvalue weighted by Crippen LogP contribution is 2.38. The van der Waals surface area contributed by atoms with E-state index in [1.54, 1.807) is 19.1 Å². The summed E-state index contributed by atoms with van der Waals surface area (Å²) in [5.74, 6) is 0.0600. The first-order valence-corrected chi connectivity index (χ1v) is 9.78. The molecule has 9 heteroatoms. The first kappa shape index (κ1) is 19.0. The summed E-state index contributed by atoms with van der Waals surface area (Å²) < 4.78 is 11.2. The second-order valence-electron chi connectivity index (χ2n) is 7.53. The van der Waals surface area contributed by atoms with Gasteiger partial charge in [-0.3, -0.25) is 4.79 Å². The number of aromatic nitrogens is 1. The fourth-order valence-corrected chi connectivity index (χ4v) is 4.26. The lowest BCUT2D eigenvalue weighted by atomic mass is 9.90. The molecule has 3 atom stereocenters. The van der Waals surface area contributed by atoms with Gasteiger partial charge in [-0.25, -0.2) is 15.4 Å². The number of hydrazine groups is 1. The molecular weight excluding hydrogens is 396 g/mol. The van der Waals surface area contributed by atoms with Crippen LogP contribution >= 0.6 is 0 Å². The van der Waals surface area contributed by atoms with Crippen molar-refractivity contribution in [2.75, 3.05) is 12.8 Å². The number of nitrogens with two attached hydrogens (primary N) is 1. The zero-order chi connectivity index (χ0) is 21.7. The molecular formula is C22H20N6O3. The van der Waals surface area contributed by atoms with E-state index in [1.807, 2.05) is 30.3 Å². The maximum absolute atomic E-state index is 13.5. The Morgan fingerprint density at radius 3 is 2.77 bits per heavy atom. The van der Waals surface area contributed by atoms with Gasteiger partial charge in [0.15, 0.2) is 16.8 Å². The van der Waals surface area contributed by atoms with E-state index in [2.05, 4.69) is 21.8 Å². The lowest BCUT2D eigenvalue weighted by Crippen LogP contribution is -2.54. The number of hydrogen-bond donors (Lipinski definition) is 3. The van der Waals surface area contributed by atoms with E-state index < -0.39 is 12.2 Å². The largest absolute Gasteiger partial charge is 0.494 e. The molecule has 1 fully saturated rings. The molecule has 9 nitrogen and oxygen atoms in total.